The SMILES string of the molecule is [2H]C1([2H])C2CC3CC(N)(C2)C([2H])([2H])C1([2H])C3. The van der Waals surface area contributed by atoms with E-state index in [1.54, 1.807) is 0 Å². The van der Waals surface area contributed by atoms with Crippen molar-refractivity contribution < 1.29 is 6.85 Å². The van der Waals surface area contributed by atoms with Gasteiger partial charge in [-0.3, -0.25) is 0 Å². The second-order valence-electron chi connectivity index (χ2n) is 4.32. The summed E-state index contributed by atoms with van der Waals surface area (Å²) in [6.07, 6.45) is -1.55. The molecule has 4 atom stereocenters. The number of rotatable bonds is 0. The van der Waals surface area contributed by atoms with Crippen LogP contribution in [0.3, 0.4) is 0 Å². The molecule has 0 saturated heterocycles. The van der Waals surface area contributed by atoms with E-state index in [4.69, 9.17) is 12.6 Å². The first kappa shape index (κ1) is 3.37. The van der Waals surface area contributed by atoms with Gasteiger partial charge < -0.3 is 5.73 Å². The van der Waals surface area contributed by atoms with Crippen LogP contribution in [0.4, 0.5) is 0 Å². The van der Waals surface area contributed by atoms with Gasteiger partial charge in [0.25, 0.3) is 0 Å². The third-order valence-electron chi connectivity index (χ3n) is 3.15. The van der Waals surface area contributed by atoms with E-state index < -0.39 is 24.2 Å². The molecule has 0 spiro atoms. The summed E-state index contributed by atoms with van der Waals surface area (Å²) in [6, 6.07) is 0. The van der Waals surface area contributed by atoms with Crippen molar-refractivity contribution in [3.05, 3.63) is 0 Å². The molecule has 0 aromatic rings. The van der Waals surface area contributed by atoms with Gasteiger partial charge in [0.15, 0.2) is 0 Å². The molecule has 11 heavy (non-hydrogen) atoms. The van der Waals surface area contributed by atoms with Crippen molar-refractivity contribution in [2.45, 2.75) is 44.0 Å². The minimum atomic E-state index is -1.92. The molecule has 2 N–H and O–H groups in total. The van der Waals surface area contributed by atoms with E-state index in [2.05, 4.69) is 0 Å². The largest absolute Gasteiger partial charge is 0.325 e. The first-order valence-corrected chi connectivity index (χ1v) is 4.43. The van der Waals surface area contributed by atoms with E-state index in [0.29, 0.717) is 19.3 Å². The molecule has 4 unspecified atom stereocenters. The fourth-order valence-electron chi connectivity index (χ4n) is 2.96. The Morgan fingerprint density at radius 2 is 2.18 bits per heavy atom. The lowest BCUT2D eigenvalue weighted by atomic mass is 9.53. The molecule has 0 heterocycles. The maximum absolute atomic E-state index is 8.31. The van der Waals surface area contributed by atoms with Gasteiger partial charge in [0.1, 0.15) is 0 Å². The Morgan fingerprint density at radius 1 is 1.36 bits per heavy atom. The van der Waals surface area contributed by atoms with Gasteiger partial charge >= 0.3 is 0 Å². The van der Waals surface area contributed by atoms with Gasteiger partial charge in [-0.05, 0) is 56.2 Å². The average Bonchev–Trinajstić information content (AvgIpc) is 2.12. The van der Waals surface area contributed by atoms with Gasteiger partial charge in [0.05, 0.1) is 0 Å². The van der Waals surface area contributed by atoms with Crippen molar-refractivity contribution >= 4 is 0 Å². The summed E-state index contributed by atoms with van der Waals surface area (Å²) in [5, 5.41) is 0. The van der Waals surface area contributed by atoms with Crippen molar-refractivity contribution in [3.63, 3.8) is 0 Å². The second kappa shape index (κ2) is 1.82. The number of nitrogens with two attached hydrogens (primary N) is 1. The molecule has 0 aromatic carbocycles. The third-order valence-corrected chi connectivity index (χ3v) is 3.15. The highest BCUT2D eigenvalue weighted by Gasteiger charge is 2.48. The molecular weight excluding hydrogens is 134 g/mol. The Labute approximate surface area is 75.4 Å². The quantitative estimate of drug-likeness (QED) is 0.569. The van der Waals surface area contributed by atoms with Crippen LogP contribution in [0.1, 0.15) is 45.3 Å². The first-order valence-electron chi connectivity index (χ1n) is 6.93. The van der Waals surface area contributed by atoms with Crippen molar-refractivity contribution in [1.82, 2.24) is 0 Å². The molecule has 0 radical (unpaired) electrons. The number of hydrogen-bond donors (Lipinski definition) is 1. The van der Waals surface area contributed by atoms with Crippen LogP contribution in [0.25, 0.3) is 0 Å². The maximum atomic E-state index is 8.31. The fourth-order valence-corrected chi connectivity index (χ4v) is 2.96. The van der Waals surface area contributed by atoms with Crippen LogP contribution >= 0.6 is 0 Å². The minimum absolute atomic E-state index is 0.230. The molecule has 1 heteroatoms. The molecule has 4 saturated carbocycles. The second-order valence-corrected chi connectivity index (χ2v) is 4.32. The fraction of sp³-hybridized carbons (Fsp3) is 1.00. The van der Waals surface area contributed by atoms with Gasteiger partial charge in [0.2, 0.25) is 0 Å². The highest BCUT2D eigenvalue weighted by molar-refractivity contribution is 5.04. The van der Waals surface area contributed by atoms with Crippen LogP contribution in [0.15, 0.2) is 0 Å². The summed E-state index contributed by atoms with van der Waals surface area (Å²) < 4.78 is 40.7. The van der Waals surface area contributed by atoms with Crippen LogP contribution in [-0.2, 0) is 0 Å². The van der Waals surface area contributed by atoms with E-state index in [0.717, 1.165) is 6.42 Å². The van der Waals surface area contributed by atoms with Crippen LogP contribution in [-0.4, -0.2) is 5.54 Å². The maximum Gasteiger partial charge on any atom is 0.0304 e. The molecule has 4 aliphatic carbocycles. The van der Waals surface area contributed by atoms with Crippen molar-refractivity contribution in [1.29, 1.82) is 0 Å². The summed E-state index contributed by atoms with van der Waals surface area (Å²) >= 11 is 0. The monoisotopic (exact) mass is 156 g/mol. The Bertz CT molecular complexity index is 357. The van der Waals surface area contributed by atoms with Crippen LogP contribution < -0.4 is 5.73 Å². The van der Waals surface area contributed by atoms with Crippen molar-refractivity contribution in [3.8, 4) is 0 Å². The van der Waals surface area contributed by atoms with Crippen LogP contribution in [0.5, 0.6) is 0 Å². The van der Waals surface area contributed by atoms with Crippen molar-refractivity contribution in [2.75, 3.05) is 0 Å². The lowest BCUT2D eigenvalue weighted by Gasteiger charge is -2.55. The van der Waals surface area contributed by atoms with Gasteiger partial charge in [-0.1, -0.05) is 0 Å². The minimum Gasteiger partial charge on any atom is -0.325 e. The van der Waals surface area contributed by atoms with Gasteiger partial charge in [0, 0.05) is 12.4 Å². The average molecular weight is 156 g/mol. The Balaban J connectivity index is 2.19. The van der Waals surface area contributed by atoms with E-state index >= 15 is 0 Å². The smallest absolute Gasteiger partial charge is 0.0304 e. The van der Waals surface area contributed by atoms with Crippen LogP contribution in [0, 0.1) is 17.7 Å². The predicted molar refractivity (Wildman–Crippen MR) is 45.1 cm³/mol. The summed E-state index contributed by atoms with van der Waals surface area (Å²) in [5.41, 5.74) is 5.16. The summed E-state index contributed by atoms with van der Waals surface area (Å²) in [6.45, 7) is 0. The highest BCUT2D eigenvalue weighted by atomic mass is 14.8. The molecule has 4 rings (SSSR count). The zero-order valence-electron chi connectivity index (χ0n) is 11.6. The molecule has 1 nitrogen and oxygen atoms in total. The summed E-state index contributed by atoms with van der Waals surface area (Å²) in [7, 11) is 0. The molecule has 4 aliphatic rings. The van der Waals surface area contributed by atoms with Gasteiger partial charge in [-0.2, -0.15) is 0 Å². The summed E-state index contributed by atoms with van der Waals surface area (Å²) in [5.74, 6) is -1.64. The summed E-state index contributed by atoms with van der Waals surface area (Å²) in [4.78, 5) is 0. The Morgan fingerprint density at radius 3 is 3.09 bits per heavy atom. The van der Waals surface area contributed by atoms with E-state index in [1.807, 2.05) is 0 Å². The van der Waals surface area contributed by atoms with E-state index in [1.165, 1.54) is 0 Å². The zero-order valence-corrected chi connectivity index (χ0v) is 6.56. The lowest BCUT2D eigenvalue weighted by molar-refractivity contribution is 0.000365. The third kappa shape index (κ3) is 0.868. The van der Waals surface area contributed by atoms with Gasteiger partial charge in [-0.25, -0.2) is 0 Å². The van der Waals surface area contributed by atoms with Crippen molar-refractivity contribution in [2.24, 2.45) is 23.5 Å². The first-order chi connectivity index (χ1) is 7.14. The standard InChI is InChI=1S/C10H17N/c11-10-4-7-1-8(5-10)3-9(2-7)6-10/h7-9H,1-6,11H2/i1D2,4D2,7D. The topological polar surface area (TPSA) is 26.0 Å². The Kier molecular flexibility index (Phi) is 0.558. The zero-order chi connectivity index (χ0) is 12.0. The number of hydrogen-bond acceptors (Lipinski definition) is 1. The molecular formula is C10H17N. The molecule has 4 fully saturated rings. The molecule has 4 bridgehead atoms. The van der Waals surface area contributed by atoms with Gasteiger partial charge in [-0.15, -0.1) is 0 Å². The Hall–Kier alpha value is -0.0400. The van der Waals surface area contributed by atoms with E-state index in [-0.39, 0.29) is 11.8 Å². The van der Waals surface area contributed by atoms with Crippen LogP contribution in [0.2, 0.25) is 0 Å². The highest BCUT2D eigenvalue weighted by Crippen LogP contribution is 2.54. The molecule has 0 aromatic heterocycles. The molecule has 0 amide bonds. The molecule has 0 aliphatic heterocycles. The predicted octanol–water partition coefficient (Wildman–Crippen LogP) is 1.91. The lowest BCUT2D eigenvalue weighted by Crippen LogP contribution is -2.55. The molecule has 62 valence electrons. The van der Waals surface area contributed by atoms with E-state index in [9.17, 15) is 0 Å². The normalized spacial score (nSPS) is 82.8.